The van der Waals surface area contributed by atoms with Gasteiger partial charge in [-0.05, 0) is 37.3 Å². The van der Waals surface area contributed by atoms with Crippen molar-refractivity contribution >= 4 is 11.6 Å². The van der Waals surface area contributed by atoms with Crippen LogP contribution in [-0.4, -0.2) is 34.3 Å². The highest BCUT2D eigenvalue weighted by atomic mass is 16.5. The summed E-state index contributed by atoms with van der Waals surface area (Å²) in [5.41, 5.74) is 10.4. The first-order valence-electron chi connectivity index (χ1n) is 10.6. The van der Waals surface area contributed by atoms with Crippen molar-refractivity contribution in [1.82, 2.24) is 34.3 Å². The average Bonchev–Trinajstić information content (AvgIpc) is 3.29. The summed E-state index contributed by atoms with van der Waals surface area (Å²) in [6.07, 6.45) is 0. The molecule has 0 fully saturated rings. The van der Waals surface area contributed by atoms with Gasteiger partial charge in [0.15, 0.2) is 5.65 Å². The minimum absolute atomic E-state index is 0.0713. The number of nitrogens with zero attached hydrogens (tertiary/aromatic N) is 8. The van der Waals surface area contributed by atoms with Gasteiger partial charge in [-0.3, -0.25) is 9.78 Å². The van der Waals surface area contributed by atoms with Crippen LogP contribution >= 0.6 is 0 Å². The van der Waals surface area contributed by atoms with Crippen molar-refractivity contribution in [2.75, 3.05) is 5.73 Å². The van der Waals surface area contributed by atoms with E-state index in [0.717, 1.165) is 11.4 Å². The fourth-order valence-corrected chi connectivity index (χ4v) is 3.63. The van der Waals surface area contributed by atoms with Gasteiger partial charge in [0.1, 0.15) is 6.61 Å². The third-order valence-electron chi connectivity index (χ3n) is 5.27. The van der Waals surface area contributed by atoms with Crippen LogP contribution in [0.25, 0.3) is 28.2 Å². The highest BCUT2D eigenvalue weighted by Crippen LogP contribution is 2.34. The van der Waals surface area contributed by atoms with Crippen molar-refractivity contribution in [2.45, 2.75) is 13.5 Å². The van der Waals surface area contributed by atoms with E-state index < -0.39 is 0 Å². The lowest BCUT2D eigenvalue weighted by atomic mass is 10.0. The van der Waals surface area contributed by atoms with Gasteiger partial charge in [-0.15, -0.1) is 5.10 Å². The maximum absolute atomic E-state index is 12.0. The molecule has 11 nitrogen and oxygen atoms in total. The standard InChI is InChI=1S/C24H19N9O2/c1-14-5-3-8-17(27-14)13-35-24-29-22-20(18-9-10-19(34)32(2)30-18)21(28-23(26)33(22)31-24)16-7-4-6-15(11-16)12-25/h3-11H,13H2,1-2H3,(H2,26,28). The molecule has 0 unspecified atom stereocenters. The van der Waals surface area contributed by atoms with Crippen molar-refractivity contribution in [3.8, 4) is 34.6 Å². The molecule has 0 saturated carbocycles. The van der Waals surface area contributed by atoms with E-state index in [1.165, 1.54) is 15.3 Å². The van der Waals surface area contributed by atoms with E-state index in [2.05, 4.69) is 31.2 Å². The molecule has 0 amide bonds. The van der Waals surface area contributed by atoms with Crippen LogP contribution in [0.5, 0.6) is 6.01 Å². The molecule has 5 aromatic rings. The maximum Gasteiger partial charge on any atom is 0.336 e. The Hall–Kier alpha value is -5.11. The average molecular weight is 465 g/mol. The first-order valence-corrected chi connectivity index (χ1v) is 10.6. The lowest BCUT2D eigenvalue weighted by Gasteiger charge is -2.12. The van der Waals surface area contributed by atoms with Crippen LogP contribution in [0.3, 0.4) is 0 Å². The van der Waals surface area contributed by atoms with Gasteiger partial charge in [-0.2, -0.15) is 19.9 Å². The number of hydrogen-bond acceptors (Lipinski definition) is 9. The number of aryl methyl sites for hydroxylation is 2. The van der Waals surface area contributed by atoms with Gasteiger partial charge in [0.2, 0.25) is 5.95 Å². The number of anilines is 1. The fourth-order valence-electron chi connectivity index (χ4n) is 3.63. The van der Waals surface area contributed by atoms with Crippen molar-refractivity contribution < 1.29 is 4.74 Å². The van der Waals surface area contributed by atoms with Gasteiger partial charge >= 0.3 is 6.01 Å². The number of benzene rings is 1. The number of pyridine rings is 1. The van der Waals surface area contributed by atoms with E-state index in [-0.39, 0.29) is 24.1 Å². The Morgan fingerprint density at radius 1 is 1.06 bits per heavy atom. The monoisotopic (exact) mass is 465 g/mol. The molecule has 172 valence electrons. The molecule has 35 heavy (non-hydrogen) atoms. The molecule has 4 aromatic heterocycles. The van der Waals surface area contributed by atoms with Gasteiger partial charge in [0.25, 0.3) is 5.56 Å². The highest BCUT2D eigenvalue weighted by Gasteiger charge is 2.22. The van der Waals surface area contributed by atoms with Gasteiger partial charge in [0, 0.05) is 24.4 Å². The summed E-state index contributed by atoms with van der Waals surface area (Å²) < 4.78 is 8.37. The summed E-state index contributed by atoms with van der Waals surface area (Å²) in [7, 11) is 1.55. The van der Waals surface area contributed by atoms with E-state index in [1.807, 2.05) is 31.2 Å². The zero-order valence-corrected chi connectivity index (χ0v) is 18.9. The number of aromatic nitrogens is 7. The second kappa shape index (κ2) is 8.68. The second-order valence-electron chi connectivity index (χ2n) is 7.76. The Balaban J connectivity index is 1.69. The van der Waals surface area contributed by atoms with Crippen LogP contribution in [0.1, 0.15) is 17.0 Å². The van der Waals surface area contributed by atoms with Crippen LogP contribution in [0.4, 0.5) is 5.95 Å². The molecular weight excluding hydrogens is 446 g/mol. The van der Waals surface area contributed by atoms with Gasteiger partial charge in [-0.1, -0.05) is 18.2 Å². The predicted octanol–water partition coefficient (Wildman–Crippen LogP) is 2.29. The molecule has 0 aliphatic rings. The molecule has 2 N–H and O–H groups in total. The molecule has 0 aliphatic heterocycles. The van der Waals surface area contributed by atoms with Crippen molar-refractivity contribution in [1.29, 1.82) is 5.26 Å². The summed E-state index contributed by atoms with van der Waals surface area (Å²) in [6.45, 7) is 2.06. The minimum atomic E-state index is -0.266. The lowest BCUT2D eigenvalue weighted by Crippen LogP contribution is -2.18. The van der Waals surface area contributed by atoms with E-state index >= 15 is 0 Å². The van der Waals surface area contributed by atoms with E-state index in [1.54, 1.807) is 31.3 Å². The highest BCUT2D eigenvalue weighted by molar-refractivity contribution is 5.89. The SMILES string of the molecule is Cc1cccc(COc2nc3c(-c4ccc(=O)n(C)n4)c(-c4cccc(C#N)c4)nc(N)n3n2)n1. The Morgan fingerprint density at radius 3 is 2.66 bits per heavy atom. The Morgan fingerprint density at radius 2 is 1.89 bits per heavy atom. The maximum atomic E-state index is 12.0. The summed E-state index contributed by atoms with van der Waals surface area (Å²) in [5, 5.41) is 18.1. The minimum Gasteiger partial charge on any atom is -0.456 e. The lowest BCUT2D eigenvalue weighted by molar-refractivity contribution is 0.277. The van der Waals surface area contributed by atoms with Crippen LogP contribution < -0.4 is 16.0 Å². The molecule has 0 spiro atoms. The first kappa shape index (κ1) is 21.7. The number of ether oxygens (including phenoxy) is 1. The zero-order valence-electron chi connectivity index (χ0n) is 18.9. The quantitative estimate of drug-likeness (QED) is 0.412. The molecule has 1 aromatic carbocycles. The summed E-state index contributed by atoms with van der Waals surface area (Å²) in [4.78, 5) is 25.5. The molecule has 5 rings (SSSR count). The van der Waals surface area contributed by atoms with Crippen LogP contribution in [0, 0.1) is 18.3 Å². The Bertz CT molecular complexity index is 1680. The normalized spacial score (nSPS) is 10.9. The number of hydrogen-bond donors (Lipinski definition) is 1. The molecule has 0 atom stereocenters. The largest absolute Gasteiger partial charge is 0.456 e. The molecule has 4 heterocycles. The number of rotatable bonds is 5. The summed E-state index contributed by atoms with van der Waals surface area (Å²) in [6, 6.07) is 17.8. The molecular formula is C24H19N9O2. The smallest absolute Gasteiger partial charge is 0.336 e. The third kappa shape index (κ3) is 4.16. The van der Waals surface area contributed by atoms with Crippen molar-refractivity contribution in [3.05, 3.63) is 81.9 Å². The number of nitrogen functional groups attached to an aromatic ring is 1. The third-order valence-corrected chi connectivity index (χ3v) is 5.27. The number of nitriles is 1. The van der Waals surface area contributed by atoms with E-state index in [9.17, 15) is 10.1 Å². The fraction of sp³-hybridized carbons (Fsp3) is 0.125. The second-order valence-corrected chi connectivity index (χ2v) is 7.76. The summed E-state index contributed by atoms with van der Waals surface area (Å²) in [5.74, 6) is 0.0713. The van der Waals surface area contributed by atoms with Gasteiger partial charge in [-0.25, -0.2) is 9.67 Å². The van der Waals surface area contributed by atoms with Crippen LogP contribution in [0.2, 0.25) is 0 Å². The molecule has 0 saturated heterocycles. The molecule has 0 radical (unpaired) electrons. The van der Waals surface area contributed by atoms with Crippen LogP contribution in [-0.2, 0) is 13.7 Å². The molecule has 11 heteroatoms. The topological polar surface area (TPSA) is 150 Å². The molecule has 0 bridgehead atoms. The van der Waals surface area contributed by atoms with Gasteiger partial charge < -0.3 is 10.5 Å². The van der Waals surface area contributed by atoms with Crippen LogP contribution in [0.15, 0.2) is 59.4 Å². The Labute approximate surface area is 199 Å². The van der Waals surface area contributed by atoms with Gasteiger partial charge in [0.05, 0.1) is 34.3 Å². The predicted molar refractivity (Wildman–Crippen MR) is 127 cm³/mol. The zero-order chi connectivity index (χ0) is 24.5. The number of nitrogens with two attached hydrogens (primary N) is 1. The van der Waals surface area contributed by atoms with E-state index in [4.69, 9.17) is 10.5 Å². The Kier molecular flexibility index (Phi) is 5.39. The van der Waals surface area contributed by atoms with Crippen molar-refractivity contribution in [3.63, 3.8) is 0 Å². The number of fused-ring (bicyclic) bond motifs is 1. The first-order chi connectivity index (χ1) is 16.9. The van der Waals surface area contributed by atoms with Crippen molar-refractivity contribution in [2.24, 2.45) is 7.05 Å². The molecule has 0 aliphatic carbocycles. The van der Waals surface area contributed by atoms with E-state index in [0.29, 0.717) is 33.7 Å². The summed E-state index contributed by atoms with van der Waals surface area (Å²) >= 11 is 0.